The molecular weight excluding hydrogens is 346 g/mol. The van der Waals surface area contributed by atoms with Crippen molar-refractivity contribution in [2.75, 3.05) is 0 Å². The van der Waals surface area contributed by atoms with Gasteiger partial charge in [0, 0.05) is 27.9 Å². The van der Waals surface area contributed by atoms with E-state index in [0.717, 1.165) is 23.4 Å². The Hall–Kier alpha value is -2.50. The van der Waals surface area contributed by atoms with Gasteiger partial charge in [-0.05, 0) is 17.0 Å². The Morgan fingerprint density at radius 3 is 2.76 bits per heavy atom. The lowest BCUT2D eigenvalue weighted by atomic mass is 9.72. The Bertz CT molecular complexity index is 1010. The number of nitrogens with zero attached hydrogens (tertiary/aromatic N) is 2. The minimum atomic E-state index is -0.145. The Labute approximate surface area is 153 Å². The molecule has 0 saturated carbocycles. The molecule has 1 aromatic carbocycles. The summed E-state index contributed by atoms with van der Waals surface area (Å²) in [6, 6.07) is 15.1. The molecule has 1 N–H and O–H groups in total. The fraction of sp³-hybridized carbons (Fsp3) is 0.100. The van der Waals surface area contributed by atoms with Gasteiger partial charge in [-0.15, -0.1) is 22.7 Å². The van der Waals surface area contributed by atoms with Gasteiger partial charge in [-0.25, -0.2) is 4.98 Å². The summed E-state index contributed by atoms with van der Waals surface area (Å²) in [6.45, 7) is 0. The molecule has 0 aliphatic heterocycles. The van der Waals surface area contributed by atoms with Gasteiger partial charge in [0.1, 0.15) is 11.4 Å². The van der Waals surface area contributed by atoms with Crippen molar-refractivity contribution in [2.45, 2.75) is 11.8 Å². The van der Waals surface area contributed by atoms with E-state index in [-0.39, 0.29) is 5.41 Å². The van der Waals surface area contributed by atoms with Crippen LogP contribution in [0.3, 0.4) is 0 Å². The molecular formula is C20H15N3S2. The molecule has 3 aromatic heterocycles. The third kappa shape index (κ3) is 2.31. The summed E-state index contributed by atoms with van der Waals surface area (Å²) in [6.07, 6.45) is 5.42. The van der Waals surface area contributed by atoms with Crippen LogP contribution < -0.4 is 0 Å². The summed E-state index contributed by atoms with van der Waals surface area (Å²) in [5.41, 5.74) is 7.23. The van der Waals surface area contributed by atoms with E-state index in [0.29, 0.717) is 0 Å². The molecule has 25 heavy (non-hydrogen) atoms. The second kappa shape index (κ2) is 5.79. The number of rotatable bonds is 3. The fourth-order valence-corrected chi connectivity index (χ4v) is 5.03. The molecule has 5 rings (SSSR count). The minimum Gasteiger partial charge on any atom is -0.281 e. The summed E-state index contributed by atoms with van der Waals surface area (Å²) in [4.78, 5) is 5.77. The first-order chi connectivity index (χ1) is 12.4. The molecule has 1 aliphatic rings. The van der Waals surface area contributed by atoms with Crippen LogP contribution in [-0.2, 0) is 11.8 Å². The molecule has 3 heterocycles. The first-order valence-electron chi connectivity index (χ1n) is 8.11. The van der Waals surface area contributed by atoms with Crippen molar-refractivity contribution in [2.24, 2.45) is 0 Å². The van der Waals surface area contributed by atoms with Gasteiger partial charge in [0.25, 0.3) is 0 Å². The number of H-pyrrole nitrogens is 1. The van der Waals surface area contributed by atoms with Crippen molar-refractivity contribution in [3.05, 3.63) is 86.5 Å². The smallest absolute Gasteiger partial charge is 0.119 e. The highest BCUT2D eigenvalue weighted by Crippen LogP contribution is 2.44. The van der Waals surface area contributed by atoms with Gasteiger partial charge >= 0.3 is 0 Å². The molecule has 0 bridgehead atoms. The topological polar surface area (TPSA) is 41.6 Å². The number of hydrogen-bond acceptors (Lipinski definition) is 4. The number of thiazole rings is 1. The van der Waals surface area contributed by atoms with E-state index in [2.05, 4.69) is 75.2 Å². The summed E-state index contributed by atoms with van der Waals surface area (Å²) < 4.78 is 0. The zero-order chi connectivity index (χ0) is 16.7. The molecule has 5 heteroatoms. The van der Waals surface area contributed by atoms with Gasteiger partial charge in [-0.1, -0.05) is 48.6 Å². The number of thiophene rings is 1. The Morgan fingerprint density at radius 1 is 1.08 bits per heavy atom. The lowest BCUT2D eigenvalue weighted by Crippen LogP contribution is -2.29. The van der Waals surface area contributed by atoms with Gasteiger partial charge in [0.05, 0.1) is 10.9 Å². The van der Waals surface area contributed by atoms with Crippen LogP contribution in [0.1, 0.15) is 21.7 Å². The Kier molecular flexibility index (Phi) is 3.43. The van der Waals surface area contributed by atoms with E-state index < -0.39 is 0 Å². The zero-order valence-corrected chi connectivity index (χ0v) is 15.0. The lowest BCUT2D eigenvalue weighted by molar-refractivity contribution is 0.633. The van der Waals surface area contributed by atoms with E-state index in [9.17, 15) is 0 Å². The van der Waals surface area contributed by atoms with Crippen molar-refractivity contribution >= 4 is 28.7 Å². The highest BCUT2D eigenvalue weighted by molar-refractivity contribution is 7.10. The van der Waals surface area contributed by atoms with Crippen molar-refractivity contribution < 1.29 is 0 Å². The average molecular weight is 361 g/mol. The maximum Gasteiger partial charge on any atom is 0.119 e. The first kappa shape index (κ1) is 14.8. The minimum absolute atomic E-state index is 0.145. The van der Waals surface area contributed by atoms with E-state index in [1.165, 1.54) is 16.1 Å². The van der Waals surface area contributed by atoms with E-state index in [1.807, 2.05) is 10.9 Å². The second-order valence-corrected chi connectivity index (χ2v) is 7.83. The van der Waals surface area contributed by atoms with Crippen molar-refractivity contribution in [3.63, 3.8) is 0 Å². The molecule has 1 unspecified atom stereocenters. The van der Waals surface area contributed by atoms with Crippen LogP contribution in [0, 0.1) is 0 Å². The largest absolute Gasteiger partial charge is 0.281 e. The van der Waals surface area contributed by atoms with E-state index in [1.54, 1.807) is 22.7 Å². The van der Waals surface area contributed by atoms with Gasteiger partial charge in [0.2, 0.25) is 0 Å². The molecule has 0 fully saturated rings. The van der Waals surface area contributed by atoms with Crippen molar-refractivity contribution in [1.29, 1.82) is 0 Å². The van der Waals surface area contributed by atoms with Crippen LogP contribution in [0.4, 0.5) is 0 Å². The van der Waals surface area contributed by atoms with Crippen LogP contribution in [0.25, 0.3) is 17.5 Å². The Morgan fingerprint density at radius 2 is 2.00 bits per heavy atom. The predicted molar refractivity (Wildman–Crippen MR) is 104 cm³/mol. The van der Waals surface area contributed by atoms with Crippen LogP contribution in [0.2, 0.25) is 0 Å². The number of hydrogen-bond donors (Lipinski definition) is 1. The SMILES string of the molecule is C1=CC(c2ccccc2)(c2cccs2)Cc2[nH]nc(-c3cscn3)c21. The monoisotopic (exact) mass is 361 g/mol. The molecule has 122 valence electrons. The third-order valence-electron chi connectivity index (χ3n) is 4.80. The average Bonchev–Trinajstić information content (AvgIpc) is 3.42. The van der Waals surface area contributed by atoms with Crippen LogP contribution in [0.15, 0.2) is 64.8 Å². The van der Waals surface area contributed by atoms with Crippen molar-refractivity contribution in [3.8, 4) is 11.4 Å². The van der Waals surface area contributed by atoms with Gasteiger partial charge in [0.15, 0.2) is 0 Å². The van der Waals surface area contributed by atoms with E-state index >= 15 is 0 Å². The fourth-order valence-electron chi connectivity index (χ4n) is 3.57. The van der Waals surface area contributed by atoms with Gasteiger partial charge < -0.3 is 0 Å². The van der Waals surface area contributed by atoms with Crippen LogP contribution >= 0.6 is 22.7 Å². The van der Waals surface area contributed by atoms with Crippen molar-refractivity contribution in [1.82, 2.24) is 15.2 Å². The maximum atomic E-state index is 4.55. The summed E-state index contributed by atoms with van der Waals surface area (Å²) in [7, 11) is 0. The summed E-state index contributed by atoms with van der Waals surface area (Å²) in [5.74, 6) is 0. The van der Waals surface area contributed by atoms with E-state index in [4.69, 9.17) is 0 Å². The van der Waals surface area contributed by atoms with Crippen LogP contribution in [0.5, 0.6) is 0 Å². The predicted octanol–water partition coefficient (Wildman–Crippen LogP) is 5.15. The molecule has 0 amide bonds. The standard InChI is InChI=1S/C20H15N3S2/c1-2-5-14(6-3-1)20(18-7-4-10-25-18)9-8-15-16(11-20)22-23-19(15)17-12-24-13-21-17/h1-10,12-13H,11H2,(H,22,23). The Balaban J connectivity index is 1.66. The molecule has 1 aliphatic carbocycles. The molecule has 0 saturated heterocycles. The molecule has 4 aromatic rings. The highest BCUT2D eigenvalue weighted by atomic mass is 32.1. The summed E-state index contributed by atoms with van der Waals surface area (Å²) >= 11 is 3.40. The number of nitrogens with one attached hydrogen (secondary N) is 1. The number of allylic oxidation sites excluding steroid dienone is 1. The normalized spacial score (nSPS) is 19.0. The number of aromatic amines is 1. The summed E-state index contributed by atoms with van der Waals surface area (Å²) in [5, 5.41) is 12.0. The number of benzene rings is 1. The van der Waals surface area contributed by atoms with Gasteiger partial charge in [-0.3, -0.25) is 5.10 Å². The molecule has 1 atom stereocenters. The molecule has 0 radical (unpaired) electrons. The second-order valence-electron chi connectivity index (χ2n) is 6.16. The first-order valence-corrected chi connectivity index (χ1v) is 9.94. The number of aromatic nitrogens is 3. The van der Waals surface area contributed by atoms with Crippen LogP contribution in [-0.4, -0.2) is 15.2 Å². The highest BCUT2D eigenvalue weighted by Gasteiger charge is 2.37. The number of fused-ring (bicyclic) bond motifs is 1. The quantitative estimate of drug-likeness (QED) is 0.548. The zero-order valence-electron chi connectivity index (χ0n) is 13.3. The molecule has 3 nitrogen and oxygen atoms in total. The molecule has 0 spiro atoms. The van der Waals surface area contributed by atoms with Gasteiger partial charge in [-0.2, -0.15) is 5.10 Å². The lowest BCUT2D eigenvalue weighted by Gasteiger charge is -2.33. The maximum absolute atomic E-state index is 4.55. The third-order valence-corrected chi connectivity index (χ3v) is 6.43.